The topological polar surface area (TPSA) is 211 Å². The average Bonchev–Trinajstić information content (AvgIpc) is 3.34. The van der Waals surface area contributed by atoms with Crippen molar-refractivity contribution in [2.75, 3.05) is 26.4 Å². The van der Waals surface area contributed by atoms with E-state index in [1.807, 2.05) is 50.2 Å². The van der Waals surface area contributed by atoms with Crippen molar-refractivity contribution in [3.05, 3.63) is 170 Å². The number of rotatable bonds is 14. The minimum absolute atomic E-state index is 0. The van der Waals surface area contributed by atoms with Gasteiger partial charge in [-0.15, -0.1) is 11.6 Å². The Morgan fingerprint density at radius 2 is 1.14 bits per heavy atom. The number of carboxylic acids is 1. The Labute approximate surface area is 454 Å². The van der Waals surface area contributed by atoms with Crippen molar-refractivity contribution >= 4 is 94.0 Å². The van der Waals surface area contributed by atoms with Crippen LogP contribution in [0.15, 0.2) is 135 Å². The van der Waals surface area contributed by atoms with Crippen LogP contribution in [0.3, 0.4) is 0 Å². The zero-order valence-corrected chi connectivity index (χ0v) is 46.4. The van der Waals surface area contributed by atoms with Crippen LogP contribution < -0.4 is 5.46 Å². The van der Waals surface area contributed by atoms with Gasteiger partial charge in [-0.1, -0.05) is 37.8 Å². The summed E-state index contributed by atoms with van der Waals surface area (Å²) in [6.07, 6.45) is 2.25. The van der Waals surface area contributed by atoms with Crippen LogP contribution >= 0.6 is 75.4 Å². The molecule has 6 aromatic rings. The van der Waals surface area contributed by atoms with E-state index in [0.29, 0.717) is 36.6 Å². The summed E-state index contributed by atoms with van der Waals surface area (Å²) in [7, 11) is -4.57. The summed E-state index contributed by atoms with van der Waals surface area (Å²) in [5.41, 5.74) is 4.87. The van der Waals surface area contributed by atoms with Crippen molar-refractivity contribution < 1.29 is 69.9 Å². The van der Waals surface area contributed by atoms with Gasteiger partial charge in [-0.05, 0) is 153 Å². The maximum absolute atomic E-state index is 13.0. The van der Waals surface area contributed by atoms with E-state index >= 15 is 0 Å². The fourth-order valence-electron chi connectivity index (χ4n) is 4.50. The van der Waals surface area contributed by atoms with Crippen molar-refractivity contribution in [1.29, 1.82) is 0 Å². The number of carboxylic acid groups (broad SMARTS) is 1. The second-order valence-corrected chi connectivity index (χ2v) is 18.8. The molecule has 0 aliphatic heterocycles. The molecule has 0 amide bonds. The molecule has 0 aliphatic rings. The van der Waals surface area contributed by atoms with E-state index in [0.717, 1.165) is 55.2 Å². The Bertz CT molecular complexity index is 2390. The van der Waals surface area contributed by atoms with Gasteiger partial charge in [0.1, 0.15) is 11.6 Å². The summed E-state index contributed by atoms with van der Waals surface area (Å²) in [6, 6.07) is 26.2. The van der Waals surface area contributed by atoms with Gasteiger partial charge in [0.05, 0.1) is 60.8 Å². The van der Waals surface area contributed by atoms with E-state index in [1.54, 1.807) is 62.9 Å². The van der Waals surface area contributed by atoms with E-state index in [2.05, 4.69) is 67.7 Å². The molecule has 0 unspecified atom stereocenters. The van der Waals surface area contributed by atoms with Gasteiger partial charge >= 0.3 is 26.9 Å². The number of hydrogen-bond donors (Lipinski definition) is 4. The van der Waals surface area contributed by atoms with Gasteiger partial charge < -0.3 is 34.0 Å². The molecule has 73 heavy (non-hydrogen) atoms. The third-order valence-electron chi connectivity index (χ3n) is 7.68. The van der Waals surface area contributed by atoms with Crippen molar-refractivity contribution in [3.8, 4) is 11.1 Å². The number of aliphatic carboxylic acids is 1. The van der Waals surface area contributed by atoms with Gasteiger partial charge in [-0.25, -0.2) is 13.6 Å². The standard InChI is InChI=1S/C12H9FNOP.C10H15BrNO3P.C6H6BFO2.C6H5BrClN.C6H6BrNO.C4H10O.C2HF3O2.CH4/c13-11-3-1-2-9(6-11)10-4-5-12(8-16-15)14-7-10;1-3-14-16(13,15-4-2)8-10-6-5-9(11)7-12-10;8-6-3-1-2-5(4-6)7(9)10;7-5-1-2-6(3-8)9-4-5;7-5-1-2-6(4-9)8-3-5;1-3-5-4-2;3-2(4,5)1(6)7;/h1-7H,8H2;5-7H,3-4,8H2,1-2H3;1-4,9-10H;1-2,4H,3H2;1-3,9H,4H2;3-4H2,1-2H3;(H,6,7);1H4. The molecule has 14 nitrogen and oxygen atoms in total. The minimum atomic E-state index is -5.08. The molecule has 0 atom stereocenters. The smallest absolute Gasteiger partial charge is 0.475 e. The first-order valence-electron chi connectivity index (χ1n) is 21.0. The lowest BCUT2D eigenvalue weighted by molar-refractivity contribution is -0.192. The third-order valence-corrected chi connectivity index (χ3v) is 11.8. The van der Waals surface area contributed by atoms with E-state index in [1.165, 1.54) is 30.3 Å². The number of pyridine rings is 4. The molecule has 4 heterocycles. The second-order valence-electron chi connectivity index (χ2n) is 13.1. The molecule has 400 valence electrons. The quantitative estimate of drug-likeness (QED) is 0.0346. The summed E-state index contributed by atoms with van der Waals surface area (Å²) in [4.78, 5) is 25.1. The largest absolute Gasteiger partial charge is 0.490 e. The lowest BCUT2D eigenvalue weighted by Crippen LogP contribution is -2.29. The van der Waals surface area contributed by atoms with Crippen LogP contribution in [0.25, 0.3) is 11.1 Å². The van der Waals surface area contributed by atoms with E-state index < -0.39 is 32.7 Å². The number of hydrogen-bond acceptors (Lipinski definition) is 13. The molecule has 0 aliphatic carbocycles. The normalized spacial score (nSPS) is 10.2. The van der Waals surface area contributed by atoms with Crippen LogP contribution in [0, 0.1) is 11.6 Å². The minimum Gasteiger partial charge on any atom is -0.475 e. The number of alkyl halides is 4. The molecule has 6 rings (SSSR count). The number of ether oxygens (including phenoxy) is 1. The Morgan fingerprint density at radius 3 is 1.47 bits per heavy atom. The predicted molar refractivity (Wildman–Crippen MR) is 286 cm³/mol. The molecule has 2 aromatic carbocycles. The number of aromatic nitrogens is 4. The van der Waals surface area contributed by atoms with Crippen molar-refractivity contribution in [1.82, 2.24) is 19.9 Å². The van der Waals surface area contributed by atoms with Gasteiger partial charge in [0.2, 0.25) is 0 Å². The summed E-state index contributed by atoms with van der Waals surface area (Å²) in [5, 5.41) is 32.7. The third kappa shape index (κ3) is 35.0. The molecule has 0 bridgehead atoms. The predicted octanol–water partition coefficient (Wildman–Crippen LogP) is 13.0. The summed E-state index contributed by atoms with van der Waals surface area (Å²) in [6.45, 7) is 10.00. The maximum atomic E-state index is 13.0. The number of halogens is 9. The van der Waals surface area contributed by atoms with Gasteiger partial charge in [-0.3, -0.25) is 29.1 Å². The van der Waals surface area contributed by atoms with Crippen LogP contribution in [0.5, 0.6) is 0 Å². The van der Waals surface area contributed by atoms with Crippen LogP contribution in [-0.4, -0.2) is 85.9 Å². The summed E-state index contributed by atoms with van der Waals surface area (Å²) in [5.74, 6) is -3.01. The lowest BCUT2D eigenvalue weighted by atomic mass is 9.80. The number of nitrogens with zero attached hydrogens (tertiary/aromatic N) is 4. The molecule has 0 spiro atoms. The Kier molecular flexibility index (Phi) is 40.2. The first-order valence-corrected chi connectivity index (χ1v) is 26.6. The number of carbonyl (C=O) groups is 1. The summed E-state index contributed by atoms with van der Waals surface area (Å²) < 4.78 is 97.6. The lowest BCUT2D eigenvalue weighted by Gasteiger charge is -2.16. The van der Waals surface area contributed by atoms with Gasteiger partial charge in [0.15, 0.2) is 8.46 Å². The second kappa shape index (κ2) is 41.3. The highest BCUT2D eigenvalue weighted by atomic mass is 79.9. The van der Waals surface area contributed by atoms with Crippen molar-refractivity contribution in [2.45, 2.75) is 66.1 Å². The molecule has 4 N–H and O–H groups in total. The highest BCUT2D eigenvalue weighted by molar-refractivity contribution is 9.11. The SMILES string of the molecule is C.CCOCC.CCOP(=O)(Cc1ccc(Br)cn1)OCC.ClCc1ccc(Br)cn1.O=C(O)C(F)(F)F.O=PCc1ccc(-c2cccc(F)c2)cn1.OB(O)c1cccc(F)c1.OCc1ccc(Br)cn1. The average molecular weight is 1280 g/mol. The molecular formula is C47H56BBr3ClF5N4O10P2. The number of aliphatic hydroxyl groups excluding tert-OH is 1. The van der Waals surface area contributed by atoms with E-state index in [-0.39, 0.29) is 39.9 Å². The van der Waals surface area contributed by atoms with E-state index in [9.17, 15) is 31.1 Å². The number of aliphatic hydroxyl groups is 1. The zero-order valence-electron chi connectivity index (χ0n) is 39.1. The molecule has 26 heteroatoms. The van der Waals surface area contributed by atoms with Crippen LogP contribution in [0.1, 0.15) is 57.9 Å². The van der Waals surface area contributed by atoms with Crippen molar-refractivity contribution in [2.24, 2.45) is 0 Å². The first kappa shape index (κ1) is 71.1. The molecule has 0 saturated heterocycles. The maximum Gasteiger partial charge on any atom is 0.490 e. The highest BCUT2D eigenvalue weighted by Crippen LogP contribution is 2.50. The molecule has 4 aromatic heterocycles. The monoisotopic (exact) mass is 1280 g/mol. The van der Waals surface area contributed by atoms with Crippen LogP contribution in [0.2, 0.25) is 0 Å². The molecule has 0 saturated carbocycles. The highest BCUT2D eigenvalue weighted by Gasteiger charge is 2.38. The number of benzene rings is 2. The Morgan fingerprint density at radius 1 is 0.685 bits per heavy atom. The fourth-order valence-corrected chi connectivity index (χ4v) is 7.31. The molecular weight excluding hydrogens is 1220 g/mol. The fraction of sp³-hybridized carbons (Fsp3) is 0.298. The summed E-state index contributed by atoms with van der Waals surface area (Å²) >= 11 is 15.3. The zero-order chi connectivity index (χ0) is 54.5. The first-order chi connectivity index (χ1) is 34.1. The van der Waals surface area contributed by atoms with Gasteiger partial charge in [0, 0.05) is 57.0 Å². The van der Waals surface area contributed by atoms with Gasteiger partial charge in [-0.2, -0.15) is 13.2 Å². The molecule has 0 fully saturated rings. The van der Waals surface area contributed by atoms with Crippen molar-refractivity contribution in [3.63, 3.8) is 0 Å². The van der Waals surface area contributed by atoms with Crippen LogP contribution in [-0.2, 0) is 52.5 Å². The van der Waals surface area contributed by atoms with Gasteiger partial charge in [0.25, 0.3) is 0 Å². The Hall–Kier alpha value is -3.96. The van der Waals surface area contributed by atoms with Crippen LogP contribution in [0.4, 0.5) is 22.0 Å². The molecule has 0 radical (unpaired) electrons. The van der Waals surface area contributed by atoms with E-state index in [4.69, 9.17) is 50.4 Å². The Balaban J connectivity index is 0.